The van der Waals surface area contributed by atoms with Crippen LogP contribution in [-0.2, 0) is 9.59 Å². The summed E-state index contributed by atoms with van der Waals surface area (Å²) in [7, 11) is 1.38. The highest BCUT2D eigenvalue weighted by Crippen LogP contribution is 2.32. The van der Waals surface area contributed by atoms with Gasteiger partial charge in [-0.05, 0) is 36.4 Å². The lowest BCUT2D eigenvalue weighted by Crippen LogP contribution is -2.54. The number of nitrogens with zero attached hydrogens (tertiary/aromatic N) is 1. The van der Waals surface area contributed by atoms with Crippen LogP contribution in [0.25, 0.3) is 6.08 Å². The largest absolute Gasteiger partial charge is 0.504 e. The van der Waals surface area contributed by atoms with E-state index in [0.29, 0.717) is 5.02 Å². The number of barbiturate groups is 1. The number of aromatic hydroxyl groups is 1. The van der Waals surface area contributed by atoms with Crippen LogP contribution < -0.4 is 15.0 Å². The quantitative estimate of drug-likeness (QED) is 0.638. The van der Waals surface area contributed by atoms with Gasteiger partial charge in [-0.2, -0.15) is 0 Å². The topological polar surface area (TPSA) is 95.9 Å². The third-order valence-corrected chi connectivity index (χ3v) is 3.99. The normalized spacial score (nSPS) is 16.0. The van der Waals surface area contributed by atoms with Crippen molar-refractivity contribution in [3.05, 3.63) is 58.6 Å². The summed E-state index contributed by atoms with van der Waals surface area (Å²) in [6.07, 6.45) is 1.20. The Labute approximate surface area is 153 Å². The Morgan fingerprint density at radius 2 is 1.81 bits per heavy atom. The van der Waals surface area contributed by atoms with Crippen molar-refractivity contribution in [2.24, 2.45) is 0 Å². The molecule has 0 atom stereocenters. The van der Waals surface area contributed by atoms with Gasteiger partial charge in [0.1, 0.15) is 5.57 Å². The molecule has 0 saturated carbocycles. The second kappa shape index (κ2) is 6.89. The first-order valence-electron chi connectivity index (χ1n) is 7.45. The van der Waals surface area contributed by atoms with E-state index in [1.807, 2.05) is 0 Å². The van der Waals surface area contributed by atoms with Gasteiger partial charge in [-0.3, -0.25) is 14.9 Å². The zero-order chi connectivity index (χ0) is 18.8. The van der Waals surface area contributed by atoms with Crippen molar-refractivity contribution in [2.45, 2.75) is 0 Å². The predicted octanol–water partition coefficient (Wildman–Crippen LogP) is 2.72. The molecule has 1 saturated heterocycles. The minimum Gasteiger partial charge on any atom is -0.504 e. The average Bonchev–Trinajstić information content (AvgIpc) is 2.61. The molecule has 2 aromatic carbocycles. The monoisotopic (exact) mass is 372 g/mol. The van der Waals surface area contributed by atoms with Crippen LogP contribution in [0.15, 0.2) is 48.0 Å². The number of phenols is 1. The molecular formula is C18H13ClN2O5. The fourth-order valence-electron chi connectivity index (χ4n) is 2.46. The Balaban J connectivity index is 2.04. The third kappa shape index (κ3) is 3.12. The zero-order valence-corrected chi connectivity index (χ0v) is 14.3. The molecule has 0 bridgehead atoms. The summed E-state index contributed by atoms with van der Waals surface area (Å²) in [5.41, 5.74) is 0.154. The molecule has 8 heteroatoms. The number of ether oxygens (including phenoxy) is 1. The highest BCUT2D eigenvalue weighted by molar-refractivity contribution is 6.39. The highest BCUT2D eigenvalue weighted by Gasteiger charge is 2.37. The number of nitrogens with one attached hydrogen (secondary N) is 1. The number of halogens is 1. The molecule has 0 radical (unpaired) electrons. The standard InChI is InChI=1S/C18H13ClN2O5/c1-26-14-4-2-3-10(15(14)22)9-13-16(23)20-18(25)21(17(13)24)12-7-5-11(19)6-8-12/h2-9,22H,1H3,(H,20,23,25). The molecule has 3 rings (SSSR count). The van der Waals surface area contributed by atoms with Crippen LogP contribution in [-0.4, -0.2) is 30.1 Å². The minimum atomic E-state index is -0.866. The van der Waals surface area contributed by atoms with Crippen molar-refractivity contribution >= 4 is 41.2 Å². The highest BCUT2D eigenvalue weighted by atomic mass is 35.5. The number of hydrogen-bond donors (Lipinski definition) is 2. The summed E-state index contributed by atoms with van der Waals surface area (Å²) in [4.78, 5) is 37.8. The number of carbonyl (C=O) groups excluding carboxylic acids is 3. The SMILES string of the molecule is COc1cccc(C=C2C(=O)NC(=O)N(c3ccc(Cl)cc3)C2=O)c1O. The first-order valence-corrected chi connectivity index (χ1v) is 7.83. The smallest absolute Gasteiger partial charge is 0.335 e. The molecule has 1 fully saturated rings. The van der Waals surface area contributed by atoms with Crippen molar-refractivity contribution in [2.75, 3.05) is 12.0 Å². The fraction of sp³-hybridized carbons (Fsp3) is 0.0556. The van der Waals surface area contributed by atoms with Gasteiger partial charge in [0.2, 0.25) is 0 Å². The van der Waals surface area contributed by atoms with Gasteiger partial charge in [0.15, 0.2) is 11.5 Å². The molecule has 0 spiro atoms. The number of para-hydroxylation sites is 1. The van der Waals surface area contributed by atoms with Gasteiger partial charge >= 0.3 is 6.03 Å². The van der Waals surface area contributed by atoms with Crippen molar-refractivity contribution in [1.29, 1.82) is 0 Å². The van der Waals surface area contributed by atoms with Gasteiger partial charge in [0.05, 0.1) is 12.8 Å². The van der Waals surface area contributed by atoms with E-state index >= 15 is 0 Å². The number of phenolic OH excluding ortho intramolecular Hbond substituents is 1. The van der Waals surface area contributed by atoms with Gasteiger partial charge in [-0.25, -0.2) is 9.69 Å². The van der Waals surface area contributed by atoms with Crippen molar-refractivity contribution in [1.82, 2.24) is 5.32 Å². The summed E-state index contributed by atoms with van der Waals surface area (Å²) in [5, 5.41) is 12.7. The van der Waals surface area contributed by atoms with Gasteiger partial charge in [0, 0.05) is 10.6 Å². The van der Waals surface area contributed by atoms with E-state index in [1.165, 1.54) is 49.6 Å². The predicted molar refractivity (Wildman–Crippen MR) is 95.1 cm³/mol. The lowest BCUT2D eigenvalue weighted by atomic mass is 10.1. The molecule has 1 heterocycles. The number of amides is 4. The maximum atomic E-state index is 12.7. The molecule has 1 aliphatic heterocycles. The molecule has 132 valence electrons. The molecule has 0 aromatic heterocycles. The number of carbonyl (C=O) groups is 3. The number of methoxy groups -OCH3 is 1. The van der Waals surface area contributed by atoms with Gasteiger partial charge < -0.3 is 9.84 Å². The Hall–Kier alpha value is -3.32. The lowest BCUT2D eigenvalue weighted by Gasteiger charge is -2.26. The molecule has 1 aliphatic rings. The molecular weight excluding hydrogens is 360 g/mol. The fourth-order valence-corrected chi connectivity index (χ4v) is 2.58. The average molecular weight is 373 g/mol. The Morgan fingerprint density at radius 1 is 1.12 bits per heavy atom. The number of benzene rings is 2. The minimum absolute atomic E-state index is 0.189. The summed E-state index contributed by atoms with van der Waals surface area (Å²) < 4.78 is 5.01. The number of imide groups is 2. The Bertz CT molecular complexity index is 937. The maximum absolute atomic E-state index is 12.7. The van der Waals surface area contributed by atoms with Crippen LogP contribution in [0.1, 0.15) is 5.56 Å². The number of rotatable bonds is 3. The van der Waals surface area contributed by atoms with E-state index in [0.717, 1.165) is 4.90 Å². The van der Waals surface area contributed by atoms with E-state index in [1.54, 1.807) is 6.07 Å². The number of hydrogen-bond acceptors (Lipinski definition) is 5. The Morgan fingerprint density at radius 3 is 2.46 bits per heavy atom. The summed E-state index contributed by atoms with van der Waals surface area (Å²) >= 11 is 5.82. The molecule has 7 nitrogen and oxygen atoms in total. The van der Waals surface area contributed by atoms with E-state index in [4.69, 9.17) is 16.3 Å². The molecule has 0 unspecified atom stereocenters. The maximum Gasteiger partial charge on any atom is 0.335 e. The Kier molecular flexibility index (Phi) is 4.64. The first-order chi connectivity index (χ1) is 12.4. The van der Waals surface area contributed by atoms with E-state index < -0.39 is 17.8 Å². The van der Waals surface area contributed by atoms with Gasteiger partial charge in [-0.15, -0.1) is 0 Å². The van der Waals surface area contributed by atoms with Crippen LogP contribution >= 0.6 is 11.6 Å². The summed E-state index contributed by atoms with van der Waals surface area (Å²) in [5.74, 6) is -1.71. The van der Waals surface area contributed by atoms with E-state index in [2.05, 4.69) is 5.32 Å². The number of urea groups is 1. The van der Waals surface area contributed by atoms with Gasteiger partial charge in [-0.1, -0.05) is 23.7 Å². The van der Waals surface area contributed by atoms with Crippen molar-refractivity contribution in [3.63, 3.8) is 0 Å². The molecule has 0 aliphatic carbocycles. The van der Waals surface area contributed by atoms with Crippen LogP contribution in [0, 0.1) is 0 Å². The number of anilines is 1. The molecule has 4 amide bonds. The molecule has 2 aromatic rings. The first kappa shape index (κ1) is 17.5. The van der Waals surface area contributed by atoms with E-state index in [-0.39, 0.29) is 28.3 Å². The summed E-state index contributed by atoms with van der Waals surface area (Å²) in [6.45, 7) is 0. The molecule has 2 N–H and O–H groups in total. The van der Waals surface area contributed by atoms with Crippen molar-refractivity contribution in [3.8, 4) is 11.5 Å². The third-order valence-electron chi connectivity index (χ3n) is 3.74. The van der Waals surface area contributed by atoms with Crippen LogP contribution in [0.5, 0.6) is 11.5 Å². The van der Waals surface area contributed by atoms with E-state index in [9.17, 15) is 19.5 Å². The zero-order valence-electron chi connectivity index (χ0n) is 13.5. The second-order valence-electron chi connectivity index (χ2n) is 5.33. The van der Waals surface area contributed by atoms with Crippen LogP contribution in [0.2, 0.25) is 5.02 Å². The molecule has 26 heavy (non-hydrogen) atoms. The van der Waals surface area contributed by atoms with Crippen molar-refractivity contribution < 1.29 is 24.2 Å². The van der Waals surface area contributed by atoms with Crippen LogP contribution in [0.4, 0.5) is 10.5 Å². The van der Waals surface area contributed by atoms with Gasteiger partial charge in [0.25, 0.3) is 11.8 Å². The lowest BCUT2D eigenvalue weighted by molar-refractivity contribution is -0.122. The van der Waals surface area contributed by atoms with Crippen LogP contribution in [0.3, 0.4) is 0 Å². The summed E-state index contributed by atoms with van der Waals surface area (Å²) in [6, 6.07) is 9.77. The second-order valence-corrected chi connectivity index (χ2v) is 5.77.